The fraction of sp³-hybridized carbons (Fsp3) is 0.360. The molecule has 11 heteroatoms. The fourth-order valence-electron chi connectivity index (χ4n) is 4.56. The van der Waals surface area contributed by atoms with Crippen LogP contribution in [0.25, 0.3) is 0 Å². The molecule has 2 aliphatic heterocycles. The maximum atomic E-state index is 14.9. The molecule has 0 radical (unpaired) electrons. The van der Waals surface area contributed by atoms with Gasteiger partial charge in [0.15, 0.2) is 0 Å². The number of amidine groups is 1. The van der Waals surface area contributed by atoms with Crippen molar-refractivity contribution in [3.05, 3.63) is 81.0 Å². The Kier molecular flexibility index (Phi) is 7.67. The Hall–Kier alpha value is -2.95. The molecular weight excluding hydrogens is 500 g/mol. The van der Waals surface area contributed by atoms with Crippen LogP contribution in [0.4, 0.5) is 17.6 Å². The molecule has 192 valence electrons. The summed E-state index contributed by atoms with van der Waals surface area (Å²) in [6.45, 7) is 4.83. The molecule has 0 spiro atoms. The van der Waals surface area contributed by atoms with Crippen molar-refractivity contribution in [2.75, 3.05) is 46.3 Å². The molecule has 2 aliphatic rings. The summed E-state index contributed by atoms with van der Waals surface area (Å²) in [7, 11) is 1.98. The van der Waals surface area contributed by atoms with E-state index in [2.05, 4.69) is 9.89 Å². The summed E-state index contributed by atoms with van der Waals surface area (Å²) in [6, 6.07) is 3.26. The van der Waals surface area contributed by atoms with Gasteiger partial charge in [0.2, 0.25) is 0 Å². The van der Waals surface area contributed by atoms with Crippen molar-refractivity contribution in [3.8, 4) is 0 Å². The molecule has 1 unspecified atom stereocenters. The highest BCUT2D eigenvalue weighted by molar-refractivity contribution is 6.31. The topological polar surface area (TPSA) is 59.4 Å². The summed E-state index contributed by atoms with van der Waals surface area (Å²) in [5.74, 6) is -5.55. The summed E-state index contributed by atoms with van der Waals surface area (Å²) < 4.78 is 57.4. The number of carbonyl (C=O) groups is 1. The number of piperazine rings is 1. The van der Waals surface area contributed by atoms with Crippen LogP contribution < -0.4 is 0 Å². The van der Waals surface area contributed by atoms with E-state index in [1.807, 2.05) is 11.9 Å². The van der Waals surface area contributed by atoms with Gasteiger partial charge in [-0.15, -0.1) is 0 Å². The minimum atomic E-state index is -1.29. The first-order valence-electron chi connectivity index (χ1n) is 11.4. The molecule has 0 aromatic heterocycles. The van der Waals surface area contributed by atoms with Crippen LogP contribution in [0.3, 0.4) is 0 Å². The Bertz CT molecular complexity index is 1220. The molecule has 2 heterocycles. The van der Waals surface area contributed by atoms with Crippen LogP contribution in [-0.2, 0) is 4.79 Å². The van der Waals surface area contributed by atoms with E-state index in [0.29, 0.717) is 25.2 Å². The molecule has 0 bridgehead atoms. The second-order valence-electron chi connectivity index (χ2n) is 8.75. The summed E-state index contributed by atoms with van der Waals surface area (Å²) in [5.41, 5.74) is -0.256. The van der Waals surface area contributed by atoms with Gasteiger partial charge < -0.3 is 14.9 Å². The molecule has 0 saturated carbocycles. The molecule has 1 atom stereocenters. The Morgan fingerprint density at radius 2 is 1.69 bits per heavy atom. The second-order valence-corrected chi connectivity index (χ2v) is 9.16. The third-order valence-electron chi connectivity index (χ3n) is 6.42. The van der Waals surface area contributed by atoms with E-state index in [1.54, 1.807) is 6.92 Å². The van der Waals surface area contributed by atoms with Gasteiger partial charge in [0, 0.05) is 67.7 Å². The van der Waals surface area contributed by atoms with Crippen molar-refractivity contribution in [2.24, 2.45) is 4.99 Å². The van der Waals surface area contributed by atoms with Gasteiger partial charge in [-0.05, 0) is 26.1 Å². The molecule has 2 aromatic rings. The Balaban J connectivity index is 1.93. The van der Waals surface area contributed by atoms with Crippen molar-refractivity contribution in [3.63, 3.8) is 0 Å². The number of hydrogen-bond donors (Lipinski definition) is 1. The molecule has 36 heavy (non-hydrogen) atoms. The van der Waals surface area contributed by atoms with Crippen LogP contribution in [0.15, 0.2) is 46.6 Å². The van der Waals surface area contributed by atoms with Crippen LogP contribution in [0.1, 0.15) is 24.1 Å². The fourth-order valence-corrected chi connectivity index (χ4v) is 4.83. The van der Waals surface area contributed by atoms with Gasteiger partial charge in [-0.2, -0.15) is 0 Å². The van der Waals surface area contributed by atoms with E-state index < -0.39 is 40.8 Å². The third-order valence-corrected chi connectivity index (χ3v) is 6.75. The summed E-state index contributed by atoms with van der Waals surface area (Å²) >= 11 is 6.28. The normalized spacial score (nSPS) is 19.6. The summed E-state index contributed by atoms with van der Waals surface area (Å²) in [4.78, 5) is 22.7. The van der Waals surface area contributed by atoms with Crippen LogP contribution in [0.5, 0.6) is 0 Å². The second kappa shape index (κ2) is 10.6. The number of rotatable bonds is 6. The van der Waals surface area contributed by atoms with Crippen LogP contribution in [0.2, 0.25) is 5.02 Å². The van der Waals surface area contributed by atoms with Gasteiger partial charge in [-0.3, -0.25) is 9.89 Å². The van der Waals surface area contributed by atoms with Gasteiger partial charge in [-0.25, -0.2) is 22.4 Å². The number of hydrogen-bond acceptors (Lipinski definition) is 5. The van der Waals surface area contributed by atoms with E-state index >= 15 is 0 Å². The zero-order valence-corrected chi connectivity index (χ0v) is 20.5. The molecule has 1 N–H and O–H groups in total. The summed E-state index contributed by atoms with van der Waals surface area (Å²) in [5, 5.41) is 10.2. The first-order chi connectivity index (χ1) is 17.1. The maximum Gasteiger partial charge on any atom is 0.335 e. The number of aliphatic carboxylic acids is 1. The number of carboxylic acids is 1. The highest BCUT2D eigenvalue weighted by Crippen LogP contribution is 2.39. The van der Waals surface area contributed by atoms with Gasteiger partial charge in [-0.1, -0.05) is 17.7 Å². The molecule has 2 aromatic carbocycles. The Morgan fingerprint density at radius 3 is 2.25 bits per heavy atom. The highest BCUT2D eigenvalue weighted by Gasteiger charge is 2.38. The Morgan fingerprint density at radius 1 is 1.06 bits per heavy atom. The van der Waals surface area contributed by atoms with Crippen molar-refractivity contribution in [1.82, 2.24) is 14.7 Å². The average Bonchev–Trinajstić information content (AvgIpc) is 2.79. The van der Waals surface area contributed by atoms with Crippen molar-refractivity contribution in [2.45, 2.75) is 13.0 Å². The largest absolute Gasteiger partial charge is 0.478 e. The number of halogens is 5. The van der Waals surface area contributed by atoms with E-state index in [-0.39, 0.29) is 40.8 Å². The number of carboxylic acid groups (broad SMARTS) is 1. The lowest BCUT2D eigenvalue weighted by Gasteiger charge is -2.39. The van der Waals surface area contributed by atoms with Crippen LogP contribution in [0, 0.1) is 23.3 Å². The van der Waals surface area contributed by atoms with Crippen molar-refractivity contribution in [1.29, 1.82) is 0 Å². The zero-order valence-electron chi connectivity index (χ0n) is 19.7. The van der Waals surface area contributed by atoms with Gasteiger partial charge >= 0.3 is 5.97 Å². The minimum absolute atomic E-state index is 0.0780. The smallest absolute Gasteiger partial charge is 0.335 e. The predicted molar refractivity (Wildman–Crippen MR) is 128 cm³/mol. The van der Waals surface area contributed by atoms with E-state index in [1.165, 1.54) is 11.0 Å². The Labute approximate surface area is 211 Å². The minimum Gasteiger partial charge on any atom is -0.478 e. The van der Waals surface area contributed by atoms with Crippen molar-refractivity contribution >= 4 is 23.4 Å². The molecule has 1 saturated heterocycles. The van der Waals surface area contributed by atoms with Crippen LogP contribution >= 0.6 is 11.6 Å². The molecule has 0 amide bonds. The van der Waals surface area contributed by atoms with Crippen molar-refractivity contribution < 1.29 is 27.5 Å². The van der Waals surface area contributed by atoms with E-state index in [9.17, 15) is 27.5 Å². The number of benzene rings is 2. The van der Waals surface area contributed by atoms with Gasteiger partial charge in [0.05, 0.1) is 11.1 Å². The lowest BCUT2D eigenvalue weighted by molar-refractivity contribution is -0.133. The average molecular weight is 525 g/mol. The lowest BCUT2D eigenvalue weighted by atomic mass is 9.93. The maximum absolute atomic E-state index is 14.9. The lowest BCUT2D eigenvalue weighted by Crippen LogP contribution is -2.48. The van der Waals surface area contributed by atoms with E-state index in [4.69, 9.17) is 11.6 Å². The number of nitrogens with zero attached hydrogens (tertiary/aromatic N) is 4. The van der Waals surface area contributed by atoms with Gasteiger partial charge in [0.25, 0.3) is 0 Å². The quantitative estimate of drug-likeness (QED) is 0.571. The van der Waals surface area contributed by atoms with Gasteiger partial charge in [0.1, 0.15) is 35.1 Å². The number of likely N-dealkylation sites (N-methyl/N-ethyl adjacent to an activating group) is 2. The standard InChI is InChI=1S/C25H25ClF4N4O2/c1-3-34-20(13-33-8-6-32(2)7-9-33)22(25(35)36)23(16-5-4-14(27)10-17(16)26)31-24(34)21-18(29)11-15(28)12-19(21)30/h4-5,10-12,23H,3,6-9,13H2,1-2H3,(H,35,36). The first-order valence-corrected chi connectivity index (χ1v) is 11.8. The predicted octanol–water partition coefficient (Wildman–Crippen LogP) is 4.31. The molecular formula is C25H25ClF4N4O2. The van der Waals surface area contributed by atoms with Crippen LogP contribution in [-0.4, -0.2) is 77.9 Å². The highest BCUT2D eigenvalue weighted by atomic mass is 35.5. The summed E-state index contributed by atoms with van der Waals surface area (Å²) in [6.07, 6.45) is 0. The monoisotopic (exact) mass is 524 g/mol. The zero-order chi connectivity index (χ0) is 26.1. The molecule has 0 aliphatic carbocycles. The first kappa shape index (κ1) is 26.1. The van der Waals surface area contributed by atoms with E-state index in [0.717, 1.165) is 25.2 Å². The number of aliphatic imine (C=N–C) groups is 1. The SMILES string of the molecule is CCN1C(c2c(F)cc(F)cc2F)=NC(c2ccc(F)cc2Cl)C(C(=O)O)=C1CN1CCN(C)CC1. The third kappa shape index (κ3) is 5.11. The molecule has 6 nitrogen and oxygen atoms in total. The molecule has 4 rings (SSSR count). The molecule has 1 fully saturated rings.